The Balaban J connectivity index is 1.81. The van der Waals surface area contributed by atoms with E-state index in [0.717, 1.165) is 32.3 Å². The van der Waals surface area contributed by atoms with Crippen LogP contribution in [0.25, 0.3) is 0 Å². The van der Waals surface area contributed by atoms with Gasteiger partial charge in [-0.2, -0.15) is 0 Å². The zero-order chi connectivity index (χ0) is 9.52. The summed E-state index contributed by atoms with van der Waals surface area (Å²) in [5.41, 5.74) is 0. The van der Waals surface area contributed by atoms with Crippen LogP contribution in [0.4, 0.5) is 0 Å². The lowest BCUT2D eigenvalue weighted by Gasteiger charge is -2.08. The lowest BCUT2D eigenvalue weighted by Crippen LogP contribution is -2.19. The molecule has 1 aliphatic heterocycles. The number of ether oxygens (including phenoxy) is 2. The Labute approximate surface area is 81.0 Å². The first-order valence-electron chi connectivity index (χ1n) is 4.50. The first-order valence-corrected chi connectivity index (χ1v) is 6.02. The van der Waals surface area contributed by atoms with Crippen LogP contribution in [-0.4, -0.2) is 49.4 Å². The Kier molecular flexibility index (Phi) is 5.57. The summed E-state index contributed by atoms with van der Waals surface area (Å²) in [6, 6.07) is 0.975. The van der Waals surface area contributed by atoms with Crippen LogP contribution in [0.15, 0.2) is 0 Å². The second-order valence-electron chi connectivity index (χ2n) is 2.91. The summed E-state index contributed by atoms with van der Waals surface area (Å²) in [5, 5.41) is 0. The Hall–Kier alpha value is 0.0569. The van der Waals surface area contributed by atoms with E-state index >= 15 is 0 Å². The fourth-order valence-corrected chi connectivity index (χ4v) is 1.99. The van der Waals surface area contributed by atoms with Gasteiger partial charge in [0.1, 0.15) is 6.10 Å². The van der Waals surface area contributed by atoms with E-state index in [1.807, 2.05) is 0 Å². The van der Waals surface area contributed by atoms with Gasteiger partial charge in [0.25, 0.3) is 0 Å². The summed E-state index contributed by atoms with van der Waals surface area (Å²) in [6.07, 6.45) is 1.37. The molecule has 5 heteroatoms. The SMILES string of the molecule is CO[Si](CCCOCC1CO1)OC. The first kappa shape index (κ1) is 11.1. The van der Waals surface area contributed by atoms with Gasteiger partial charge in [-0.05, 0) is 12.5 Å². The average Bonchev–Trinajstić information content (AvgIpc) is 2.95. The predicted octanol–water partition coefficient (Wildman–Crippen LogP) is 0.573. The van der Waals surface area contributed by atoms with Crippen molar-refractivity contribution in [1.29, 1.82) is 0 Å². The van der Waals surface area contributed by atoms with Crippen LogP contribution >= 0.6 is 0 Å². The number of rotatable bonds is 8. The van der Waals surface area contributed by atoms with E-state index in [2.05, 4.69) is 0 Å². The molecular weight excluding hydrogens is 188 g/mol. The standard InChI is InChI=1S/C8H17O4Si/c1-9-13(10-2)5-3-4-11-6-8-7-12-8/h8H,3-7H2,1-2H3. The van der Waals surface area contributed by atoms with Crippen LogP contribution in [0.1, 0.15) is 6.42 Å². The summed E-state index contributed by atoms with van der Waals surface area (Å²) >= 11 is 0. The highest BCUT2D eigenvalue weighted by Crippen LogP contribution is 2.09. The summed E-state index contributed by atoms with van der Waals surface area (Å²) in [5.74, 6) is 0. The van der Waals surface area contributed by atoms with Crippen LogP contribution in [-0.2, 0) is 18.3 Å². The molecule has 0 aromatic carbocycles. The van der Waals surface area contributed by atoms with E-state index in [-0.39, 0.29) is 0 Å². The molecule has 0 amide bonds. The Morgan fingerprint density at radius 1 is 1.38 bits per heavy atom. The zero-order valence-electron chi connectivity index (χ0n) is 8.25. The van der Waals surface area contributed by atoms with Crippen molar-refractivity contribution >= 4 is 9.28 Å². The highest BCUT2D eigenvalue weighted by Gasteiger charge is 2.22. The van der Waals surface area contributed by atoms with Crippen LogP contribution in [0.5, 0.6) is 0 Å². The van der Waals surface area contributed by atoms with Crippen LogP contribution in [0.2, 0.25) is 6.04 Å². The molecule has 1 aliphatic rings. The maximum atomic E-state index is 5.38. The van der Waals surface area contributed by atoms with E-state index in [1.165, 1.54) is 0 Å². The number of hydrogen-bond donors (Lipinski definition) is 0. The van der Waals surface area contributed by atoms with Gasteiger partial charge in [0.05, 0.1) is 13.2 Å². The van der Waals surface area contributed by atoms with E-state index in [1.54, 1.807) is 14.2 Å². The Morgan fingerprint density at radius 2 is 2.08 bits per heavy atom. The first-order chi connectivity index (χ1) is 6.36. The molecule has 1 saturated heterocycles. The minimum atomic E-state index is -1.02. The summed E-state index contributed by atoms with van der Waals surface area (Å²) in [6.45, 7) is 2.38. The molecule has 0 spiro atoms. The van der Waals surface area contributed by atoms with Crippen molar-refractivity contribution in [3.05, 3.63) is 0 Å². The van der Waals surface area contributed by atoms with E-state index in [9.17, 15) is 0 Å². The molecule has 77 valence electrons. The third-order valence-electron chi connectivity index (χ3n) is 1.83. The van der Waals surface area contributed by atoms with Crippen LogP contribution in [0, 0.1) is 0 Å². The highest BCUT2D eigenvalue weighted by molar-refractivity contribution is 6.44. The summed E-state index contributed by atoms with van der Waals surface area (Å²) in [4.78, 5) is 0. The molecule has 1 radical (unpaired) electrons. The molecule has 1 fully saturated rings. The third-order valence-corrected chi connectivity index (χ3v) is 3.50. The van der Waals surface area contributed by atoms with E-state index in [4.69, 9.17) is 18.3 Å². The fraction of sp³-hybridized carbons (Fsp3) is 1.00. The number of epoxide rings is 1. The topological polar surface area (TPSA) is 40.2 Å². The largest absolute Gasteiger partial charge is 0.397 e. The Bertz CT molecular complexity index is 125. The smallest absolute Gasteiger partial charge is 0.384 e. The molecule has 0 saturated carbocycles. The quantitative estimate of drug-likeness (QED) is 0.330. The van der Waals surface area contributed by atoms with Gasteiger partial charge < -0.3 is 18.3 Å². The maximum absolute atomic E-state index is 5.38. The molecule has 0 aliphatic carbocycles. The van der Waals surface area contributed by atoms with Crippen molar-refractivity contribution in [1.82, 2.24) is 0 Å². The minimum Gasteiger partial charge on any atom is -0.397 e. The van der Waals surface area contributed by atoms with Gasteiger partial charge in [0, 0.05) is 20.8 Å². The molecule has 1 atom stereocenters. The second kappa shape index (κ2) is 6.50. The van der Waals surface area contributed by atoms with Gasteiger partial charge in [-0.3, -0.25) is 0 Å². The molecule has 13 heavy (non-hydrogen) atoms. The zero-order valence-corrected chi connectivity index (χ0v) is 9.25. The molecule has 1 heterocycles. The van der Waals surface area contributed by atoms with Crippen LogP contribution in [0.3, 0.4) is 0 Å². The number of hydrogen-bond acceptors (Lipinski definition) is 4. The predicted molar refractivity (Wildman–Crippen MR) is 49.8 cm³/mol. The van der Waals surface area contributed by atoms with Gasteiger partial charge in [0.15, 0.2) is 0 Å². The van der Waals surface area contributed by atoms with Crippen molar-refractivity contribution in [3.63, 3.8) is 0 Å². The van der Waals surface area contributed by atoms with Crippen molar-refractivity contribution in [2.75, 3.05) is 34.0 Å². The normalized spacial score (nSPS) is 21.0. The molecule has 0 N–H and O–H groups in total. The van der Waals surface area contributed by atoms with Gasteiger partial charge in [-0.15, -0.1) is 0 Å². The molecule has 0 bridgehead atoms. The van der Waals surface area contributed by atoms with Gasteiger partial charge in [-0.25, -0.2) is 0 Å². The molecule has 0 aromatic rings. The molecule has 0 aromatic heterocycles. The van der Waals surface area contributed by atoms with Gasteiger partial charge in [0.2, 0.25) is 0 Å². The second-order valence-corrected chi connectivity index (χ2v) is 4.97. The van der Waals surface area contributed by atoms with E-state index < -0.39 is 9.28 Å². The van der Waals surface area contributed by atoms with Gasteiger partial charge >= 0.3 is 9.28 Å². The van der Waals surface area contributed by atoms with Crippen molar-refractivity contribution in [2.45, 2.75) is 18.6 Å². The minimum absolute atomic E-state index is 0.370. The lowest BCUT2D eigenvalue weighted by molar-refractivity contribution is 0.115. The van der Waals surface area contributed by atoms with Crippen molar-refractivity contribution in [3.8, 4) is 0 Å². The van der Waals surface area contributed by atoms with Crippen molar-refractivity contribution in [2.24, 2.45) is 0 Å². The average molecular weight is 205 g/mol. The summed E-state index contributed by atoms with van der Waals surface area (Å²) < 4.78 is 20.7. The Morgan fingerprint density at radius 3 is 2.62 bits per heavy atom. The fourth-order valence-electron chi connectivity index (χ4n) is 0.985. The molecule has 1 unspecified atom stereocenters. The molecule has 1 rings (SSSR count). The van der Waals surface area contributed by atoms with Gasteiger partial charge in [-0.1, -0.05) is 0 Å². The van der Waals surface area contributed by atoms with Crippen LogP contribution < -0.4 is 0 Å². The molecule has 4 nitrogen and oxygen atoms in total. The monoisotopic (exact) mass is 205 g/mol. The van der Waals surface area contributed by atoms with Crippen molar-refractivity contribution < 1.29 is 18.3 Å². The third kappa shape index (κ3) is 5.38. The lowest BCUT2D eigenvalue weighted by atomic mass is 10.5. The van der Waals surface area contributed by atoms with E-state index in [0.29, 0.717) is 6.10 Å². The molecular formula is C8H17O4Si. The maximum Gasteiger partial charge on any atom is 0.384 e. The highest BCUT2D eigenvalue weighted by atomic mass is 28.3. The summed E-state index contributed by atoms with van der Waals surface area (Å²) in [7, 11) is 2.36.